The van der Waals surface area contributed by atoms with Gasteiger partial charge in [-0.25, -0.2) is 4.79 Å². The molecule has 134 valence electrons. The lowest BCUT2D eigenvalue weighted by Gasteiger charge is -2.09. The number of non-ortho nitro benzene ring substituents is 1. The van der Waals surface area contributed by atoms with Crippen molar-refractivity contribution in [3.63, 3.8) is 0 Å². The number of hydrogen-bond acceptors (Lipinski definition) is 8. The van der Waals surface area contributed by atoms with Gasteiger partial charge in [0.25, 0.3) is 11.6 Å². The van der Waals surface area contributed by atoms with Crippen LogP contribution in [0.3, 0.4) is 0 Å². The third-order valence-corrected chi connectivity index (χ3v) is 4.16. The summed E-state index contributed by atoms with van der Waals surface area (Å²) in [6.45, 7) is -0.381. The van der Waals surface area contributed by atoms with Crippen molar-refractivity contribution in [2.45, 2.75) is 6.54 Å². The average molecular weight is 376 g/mol. The number of carbonyl (C=O) groups excluding carboxylic acids is 1. The maximum absolute atomic E-state index is 12.2. The van der Waals surface area contributed by atoms with Gasteiger partial charge in [-0.2, -0.15) is 4.68 Å². The number of carbonyl (C=O) groups is 1. The first-order valence-corrected chi connectivity index (χ1v) is 8.10. The van der Waals surface area contributed by atoms with Crippen molar-refractivity contribution in [1.29, 1.82) is 0 Å². The Labute approximate surface area is 149 Å². The normalized spacial score (nSPS) is 10.5. The van der Waals surface area contributed by atoms with Crippen molar-refractivity contribution in [3.8, 4) is 16.5 Å². The number of hydrogen-bond donors (Lipinski definition) is 1. The number of benzene rings is 1. The fraction of sp³-hybridized carbons (Fsp3) is 0.133. The van der Waals surface area contributed by atoms with Crippen molar-refractivity contribution in [1.82, 2.24) is 9.78 Å². The lowest BCUT2D eigenvalue weighted by molar-refractivity contribution is -0.384. The third kappa shape index (κ3) is 3.62. The Morgan fingerprint density at radius 2 is 2.27 bits per heavy atom. The third-order valence-electron chi connectivity index (χ3n) is 3.30. The molecule has 0 spiro atoms. The van der Waals surface area contributed by atoms with Crippen molar-refractivity contribution in [2.24, 2.45) is 0 Å². The molecule has 3 rings (SSSR count). The van der Waals surface area contributed by atoms with Gasteiger partial charge in [0.1, 0.15) is 12.3 Å². The summed E-state index contributed by atoms with van der Waals surface area (Å²) in [5, 5.41) is 19.1. The second kappa shape index (κ2) is 7.19. The van der Waals surface area contributed by atoms with E-state index in [-0.39, 0.29) is 29.6 Å². The summed E-state index contributed by atoms with van der Waals surface area (Å²) >= 11 is 1.35. The van der Waals surface area contributed by atoms with E-state index in [4.69, 9.17) is 9.15 Å². The molecule has 0 unspecified atom stereocenters. The van der Waals surface area contributed by atoms with E-state index in [2.05, 4.69) is 10.4 Å². The zero-order valence-corrected chi connectivity index (χ0v) is 14.2. The number of ether oxygens (including phenoxy) is 1. The number of rotatable bonds is 6. The second-order valence-corrected chi connectivity index (χ2v) is 5.95. The number of nitrogens with zero attached hydrogens (tertiary/aromatic N) is 3. The molecule has 1 amide bonds. The van der Waals surface area contributed by atoms with E-state index in [1.54, 1.807) is 12.1 Å². The quantitative estimate of drug-likeness (QED) is 0.515. The number of nitro benzene ring substituents is 1. The van der Waals surface area contributed by atoms with Gasteiger partial charge in [0.2, 0.25) is 5.91 Å². The van der Waals surface area contributed by atoms with Crippen molar-refractivity contribution < 1.29 is 18.9 Å². The van der Waals surface area contributed by atoms with Crippen LogP contribution < -0.4 is 15.8 Å². The summed E-state index contributed by atoms with van der Waals surface area (Å²) in [5.74, 6) is -1.07. The van der Waals surface area contributed by atoms with Crippen LogP contribution in [0.4, 0.5) is 11.4 Å². The highest BCUT2D eigenvalue weighted by Crippen LogP contribution is 2.29. The summed E-state index contributed by atoms with van der Waals surface area (Å²) in [6, 6.07) is 7.29. The van der Waals surface area contributed by atoms with Crippen molar-refractivity contribution in [2.75, 3.05) is 12.4 Å². The Kier molecular flexibility index (Phi) is 4.80. The molecule has 26 heavy (non-hydrogen) atoms. The van der Waals surface area contributed by atoms with E-state index in [1.807, 2.05) is 5.38 Å². The molecule has 3 aromatic rings. The molecule has 2 aromatic heterocycles. The number of anilines is 1. The van der Waals surface area contributed by atoms with E-state index in [9.17, 15) is 19.7 Å². The van der Waals surface area contributed by atoms with Crippen LogP contribution in [0.5, 0.6) is 5.75 Å². The molecule has 0 saturated heterocycles. The zero-order chi connectivity index (χ0) is 18.7. The Bertz CT molecular complexity index is 1010. The predicted molar refractivity (Wildman–Crippen MR) is 92.4 cm³/mol. The number of nitrogens with one attached hydrogen (secondary N) is 1. The second-order valence-electron chi connectivity index (χ2n) is 5.00. The number of thiophene rings is 1. The van der Waals surface area contributed by atoms with Crippen LogP contribution >= 0.6 is 11.3 Å². The Balaban J connectivity index is 1.75. The molecule has 0 atom stereocenters. The Morgan fingerprint density at radius 1 is 1.46 bits per heavy atom. The van der Waals surface area contributed by atoms with E-state index >= 15 is 0 Å². The SMILES string of the molecule is COc1cc([N+](=O)[O-])ccc1NC(=O)Cn1nc(-c2cccs2)oc1=O. The number of nitro groups is 1. The van der Waals surface area contributed by atoms with Crippen LogP contribution in [0.25, 0.3) is 10.8 Å². The summed E-state index contributed by atoms with van der Waals surface area (Å²) in [5.41, 5.74) is 0.0614. The maximum atomic E-state index is 12.2. The van der Waals surface area contributed by atoms with Gasteiger partial charge in [0.15, 0.2) is 0 Å². The molecule has 0 bridgehead atoms. The fourth-order valence-electron chi connectivity index (χ4n) is 2.13. The van der Waals surface area contributed by atoms with Gasteiger partial charge in [-0.1, -0.05) is 6.07 Å². The topological polar surface area (TPSA) is 130 Å². The fourth-order valence-corrected chi connectivity index (χ4v) is 2.77. The number of aromatic nitrogens is 2. The lowest BCUT2D eigenvalue weighted by atomic mass is 10.2. The highest BCUT2D eigenvalue weighted by atomic mass is 32.1. The van der Waals surface area contributed by atoms with Gasteiger partial charge in [-0.05, 0) is 17.5 Å². The van der Waals surface area contributed by atoms with E-state index in [0.29, 0.717) is 4.88 Å². The molecule has 1 N–H and O–H groups in total. The Hall–Kier alpha value is -3.47. The molecular formula is C15H12N4O6S. The first kappa shape index (κ1) is 17.4. The summed E-state index contributed by atoms with van der Waals surface area (Å²) < 4.78 is 11.0. The first-order valence-electron chi connectivity index (χ1n) is 7.22. The van der Waals surface area contributed by atoms with Gasteiger partial charge in [-0.3, -0.25) is 14.9 Å². The monoisotopic (exact) mass is 376 g/mol. The average Bonchev–Trinajstić information content (AvgIpc) is 3.25. The maximum Gasteiger partial charge on any atom is 0.437 e. The van der Waals surface area contributed by atoms with Crippen molar-refractivity contribution in [3.05, 3.63) is 56.4 Å². The van der Waals surface area contributed by atoms with Crippen LogP contribution in [-0.4, -0.2) is 27.7 Å². The molecule has 11 heteroatoms. The van der Waals surface area contributed by atoms with Gasteiger partial charge >= 0.3 is 5.76 Å². The van der Waals surface area contributed by atoms with Crippen LogP contribution in [0, 0.1) is 10.1 Å². The van der Waals surface area contributed by atoms with Gasteiger partial charge in [-0.15, -0.1) is 16.4 Å². The minimum Gasteiger partial charge on any atom is -0.494 e. The first-order chi connectivity index (χ1) is 12.5. The van der Waals surface area contributed by atoms with Gasteiger partial charge < -0.3 is 14.5 Å². The summed E-state index contributed by atoms with van der Waals surface area (Å²) in [6.07, 6.45) is 0. The van der Waals surface area contributed by atoms with E-state index in [1.165, 1.54) is 36.6 Å². The standard InChI is InChI=1S/C15H12N4O6S/c1-24-11-7-9(19(22)23)4-5-10(11)16-13(20)8-18-15(21)25-14(17-18)12-3-2-6-26-12/h2-7H,8H2,1H3,(H,16,20). The summed E-state index contributed by atoms with van der Waals surface area (Å²) in [7, 11) is 1.32. The molecule has 0 aliphatic heterocycles. The zero-order valence-electron chi connectivity index (χ0n) is 13.4. The van der Waals surface area contributed by atoms with Crippen molar-refractivity contribution >= 4 is 28.6 Å². The molecule has 0 radical (unpaired) electrons. The molecule has 1 aromatic carbocycles. The molecule has 2 heterocycles. The Morgan fingerprint density at radius 3 is 2.92 bits per heavy atom. The highest BCUT2D eigenvalue weighted by molar-refractivity contribution is 7.13. The minimum absolute atomic E-state index is 0.124. The lowest BCUT2D eigenvalue weighted by Crippen LogP contribution is -2.26. The molecule has 0 aliphatic carbocycles. The van der Waals surface area contributed by atoms with E-state index in [0.717, 1.165) is 4.68 Å². The number of amides is 1. The summed E-state index contributed by atoms with van der Waals surface area (Å²) in [4.78, 5) is 34.9. The highest BCUT2D eigenvalue weighted by Gasteiger charge is 2.16. The smallest absolute Gasteiger partial charge is 0.437 e. The van der Waals surface area contributed by atoms with E-state index < -0.39 is 16.6 Å². The van der Waals surface area contributed by atoms with Crippen LogP contribution in [-0.2, 0) is 11.3 Å². The molecule has 10 nitrogen and oxygen atoms in total. The van der Waals surface area contributed by atoms with Crippen LogP contribution in [0.1, 0.15) is 0 Å². The molecule has 0 fully saturated rings. The molecule has 0 saturated carbocycles. The van der Waals surface area contributed by atoms with Crippen LogP contribution in [0.15, 0.2) is 44.9 Å². The minimum atomic E-state index is -0.765. The molecule has 0 aliphatic rings. The van der Waals surface area contributed by atoms with Gasteiger partial charge in [0, 0.05) is 6.07 Å². The molecular weight excluding hydrogens is 364 g/mol. The number of methoxy groups -OCH3 is 1. The van der Waals surface area contributed by atoms with Crippen LogP contribution in [0.2, 0.25) is 0 Å². The largest absolute Gasteiger partial charge is 0.494 e. The van der Waals surface area contributed by atoms with Gasteiger partial charge in [0.05, 0.1) is 28.7 Å². The predicted octanol–water partition coefficient (Wildman–Crippen LogP) is 2.12.